The van der Waals surface area contributed by atoms with Gasteiger partial charge in [-0.25, -0.2) is 4.39 Å². The Morgan fingerprint density at radius 3 is 2.35 bits per heavy atom. The Labute approximate surface area is 322 Å². The molecular weight excluding hydrogens is 700 g/mol. The first kappa shape index (κ1) is 37.2. The van der Waals surface area contributed by atoms with E-state index in [0.29, 0.717) is 25.1 Å². The first-order chi connectivity index (χ1) is 26.8. The molecule has 0 bridgehead atoms. The van der Waals surface area contributed by atoms with Crippen LogP contribution in [-0.4, -0.2) is 71.8 Å². The highest BCUT2D eigenvalue weighted by atomic mass is 19.1. The predicted molar refractivity (Wildman–Crippen MR) is 206 cm³/mol. The number of hydrogen-bond donors (Lipinski definition) is 1. The van der Waals surface area contributed by atoms with Crippen molar-refractivity contribution in [2.45, 2.75) is 115 Å². The number of ether oxygens (including phenoxy) is 2. The third kappa shape index (κ3) is 8.13. The average Bonchev–Trinajstić information content (AvgIpc) is 3.91. The van der Waals surface area contributed by atoms with E-state index in [9.17, 15) is 23.6 Å². The van der Waals surface area contributed by atoms with Crippen LogP contribution in [0.25, 0.3) is 0 Å². The van der Waals surface area contributed by atoms with Gasteiger partial charge in [0.05, 0.1) is 19.3 Å². The van der Waals surface area contributed by atoms with Crippen LogP contribution in [0.5, 0.6) is 11.5 Å². The van der Waals surface area contributed by atoms with Crippen molar-refractivity contribution in [2.75, 3.05) is 31.1 Å². The molecule has 8 rings (SSSR count). The number of fused-ring (bicyclic) bond motifs is 2. The molecule has 1 atom stereocenters. The van der Waals surface area contributed by atoms with E-state index < -0.39 is 17.8 Å². The van der Waals surface area contributed by atoms with E-state index in [-0.39, 0.29) is 42.7 Å². The van der Waals surface area contributed by atoms with Gasteiger partial charge in [0.15, 0.2) is 11.5 Å². The Kier molecular flexibility index (Phi) is 11.2. The zero-order chi connectivity index (χ0) is 37.9. The molecule has 55 heavy (non-hydrogen) atoms. The minimum atomic E-state index is -0.706. The van der Waals surface area contributed by atoms with Gasteiger partial charge >= 0.3 is 0 Å². The smallest absolute Gasteiger partial charge is 0.258 e. The van der Waals surface area contributed by atoms with Crippen LogP contribution in [0, 0.1) is 5.82 Å². The fourth-order valence-electron chi connectivity index (χ4n) is 9.16. The number of piperidine rings is 2. The molecule has 1 aliphatic carbocycles. The monoisotopic (exact) mass is 750 g/mol. The summed E-state index contributed by atoms with van der Waals surface area (Å²) in [5.41, 5.74) is 4.71. The zero-order valence-electron chi connectivity index (χ0n) is 31.5. The van der Waals surface area contributed by atoms with Gasteiger partial charge in [0.2, 0.25) is 11.8 Å². The highest BCUT2D eigenvalue weighted by Crippen LogP contribution is 2.39. The van der Waals surface area contributed by atoms with Crippen molar-refractivity contribution in [1.82, 2.24) is 15.1 Å². The highest BCUT2D eigenvalue weighted by Gasteiger charge is 2.41. The van der Waals surface area contributed by atoms with Crippen LogP contribution >= 0.6 is 0 Å². The molecule has 2 saturated heterocycles. The molecule has 4 heterocycles. The molecular formula is C44H51FN4O6. The third-order valence-electron chi connectivity index (χ3n) is 12.2. The van der Waals surface area contributed by atoms with Gasteiger partial charge in [0.1, 0.15) is 11.9 Å². The zero-order valence-corrected chi connectivity index (χ0v) is 31.5. The molecule has 3 aromatic carbocycles. The van der Waals surface area contributed by atoms with Crippen LogP contribution in [-0.2, 0) is 22.7 Å². The minimum Gasteiger partial charge on any atom is -0.490 e. The third-order valence-corrected chi connectivity index (χ3v) is 12.2. The summed E-state index contributed by atoms with van der Waals surface area (Å²) in [7, 11) is 0. The maximum Gasteiger partial charge on any atom is 0.258 e. The van der Waals surface area contributed by atoms with Crippen molar-refractivity contribution in [3.63, 3.8) is 0 Å². The number of halogens is 1. The van der Waals surface area contributed by atoms with Crippen molar-refractivity contribution in [1.29, 1.82) is 0 Å². The lowest BCUT2D eigenvalue weighted by Gasteiger charge is -2.33. The van der Waals surface area contributed by atoms with E-state index in [2.05, 4.69) is 10.2 Å². The predicted octanol–water partition coefficient (Wildman–Crippen LogP) is 7.28. The Hall–Kier alpha value is -4.77. The van der Waals surface area contributed by atoms with Crippen molar-refractivity contribution < 1.29 is 33.0 Å². The normalized spacial score (nSPS) is 20.6. The topological polar surface area (TPSA) is 108 Å². The van der Waals surface area contributed by atoms with E-state index in [4.69, 9.17) is 9.47 Å². The molecule has 1 saturated carbocycles. The van der Waals surface area contributed by atoms with Crippen molar-refractivity contribution in [2.24, 2.45) is 0 Å². The summed E-state index contributed by atoms with van der Waals surface area (Å²) < 4.78 is 27.5. The Morgan fingerprint density at radius 2 is 1.55 bits per heavy atom. The number of hydrogen-bond acceptors (Lipinski definition) is 7. The number of nitrogens with one attached hydrogen (secondary N) is 1. The maximum atomic E-state index is 14.8. The SMILES string of the molecule is O=C1CCC(N2Cc3c(cc(F)cc3C3CCN(CCCCCCCOc4ccc(N5Cc6ccccc6C5=O)cc4OC4CCCC4)CC3)C2=O)C(=O)N1. The molecule has 0 radical (unpaired) electrons. The van der Waals surface area contributed by atoms with Gasteiger partial charge in [0, 0.05) is 35.8 Å². The number of imide groups is 1. The molecule has 1 unspecified atom stereocenters. The lowest BCUT2D eigenvalue weighted by Crippen LogP contribution is -2.52. The fraction of sp³-hybridized carbons (Fsp3) is 0.500. The maximum absolute atomic E-state index is 14.8. The van der Waals surface area contributed by atoms with Gasteiger partial charge < -0.3 is 24.2 Å². The minimum absolute atomic E-state index is 0.0210. The number of nitrogens with zero attached hydrogens (tertiary/aromatic N) is 3. The standard InChI is InChI=1S/C44H51FN4O6/c45-31-24-35(37-28-49(44(53)36(37)25-31)38-15-17-41(50)46-42(38)51)29-18-21-47(22-19-29)20-8-2-1-3-9-23-54-39-16-14-32(26-40(39)55-33-11-5-6-12-33)48-27-30-10-4-7-13-34(30)43(48)52/h4,7,10,13-14,16,24-26,29,33,38H,1-3,5-6,8-9,11-12,15,17-23,27-28H2,(H,46,50,51). The van der Waals surface area contributed by atoms with E-state index >= 15 is 0 Å². The van der Waals surface area contributed by atoms with Crippen molar-refractivity contribution in [3.05, 3.63) is 88.2 Å². The van der Waals surface area contributed by atoms with E-state index in [1.54, 1.807) is 6.07 Å². The summed E-state index contributed by atoms with van der Waals surface area (Å²) in [5, 5.41) is 2.34. The van der Waals surface area contributed by atoms with E-state index in [1.165, 1.54) is 23.8 Å². The fourth-order valence-corrected chi connectivity index (χ4v) is 9.16. The number of anilines is 1. The summed E-state index contributed by atoms with van der Waals surface area (Å²) >= 11 is 0. The van der Waals surface area contributed by atoms with Crippen LogP contribution in [0.15, 0.2) is 54.6 Å². The second-order valence-electron chi connectivity index (χ2n) is 15.9. The molecule has 4 amide bonds. The van der Waals surface area contributed by atoms with Gasteiger partial charge in [-0.1, -0.05) is 37.5 Å². The Balaban J connectivity index is 0.766. The van der Waals surface area contributed by atoms with Gasteiger partial charge in [-0.05, 0) is 130 Å². The first-order valence-corrected chi connectivity index (χ1v) is 20.3. The quantitative estimate of drug-likeness (QED) is 0.136. The molecule has 1 N–H and O–H groups in total. The number of likely N-dealkylation sites (tertiary alicyclic amines) is 1. The number of carbonyl (C=O) groups is 4. The molecule has 4 aliphatic heterocycles. The molecule has 5 aliphatic rings. The number of unbranched alkanes of at least 4 members (excludes halogenated alkanes) is 4. The number of rotatable bonds is 14. The summed E-state index contributed by atoms with van der Waals surface area (Å²) in [6.45, 7) is 4.34. The van der Waals surface area contributed by atoms with Crippen LogP contribution in [0.2, 0.25) is 0 Å². The van der Waals surface area contributed by atoms with Gasteiger partial charge in [-0.2, -0.15) is 0 Å². The van der Waals surface area contributed by atoms with Crippen molar-refractivity contribution >= 4 is 29.3 Å². The molecule has 0 aromatic heterocycles. The summed E-state index contributed by atoms with van der Waals surface area (Å²) in [6, 6.07) is 15.9. The number of benzene rings is 3. The van der Waals surface area contributed by atoms with Crippen molar-refractivity contribution in [3.8, 4) is 11.5 Å². The summed E-state index contributed by atoms with van der Waals surface area (Å²) in [4.78, 5) is 56.4. The molecule has 10 nitrogen and oxygen atoms in total. The van der Waals surface area contributed by atoms with Crippen LogP contribution in [0.4, 0.5) is 10.1 Å². The largest absolute Gasteiger partial charge is 0.490 e. The molecule has 3 fully saturated rings. The second-order valence-corrected chi connectivity index (χ2v) is 15.9. The van der Waals surface area contributed by atoms with Crippen LogP contribution < -0.4 is 19.7 Å². The van der Waals surface area contributed by atoms with Gasteiger partial charge in [-0.15, -0.1) is 0 Å². The molecule has 290 valence electrons. The first-order valence-electron chi connectivity index (χ1n) is 20.3. The lowest BCUT2D eigenvalue weighted by molar-refractivity contribution is -0.136. The molecule has 3 aromatic rings. The molecule has 0 spiro atoms. The highest BCUT2D eigenvalue weighted by molar-refractivity contribution is 6.10. The van der Waals surface area contributed by atoms with E-state index in [0.717, 1.165) is 117 Å². The Bertz CT molecular complexity index is 1940. The van der Waals surface area contributed by atoms with Gasteiger partial charge in [-0.3, -0.25) is 24.5 Å². The van der Waals surface area contributed by atoms with Gasteiger partial charge in [0.25, 0.3) is 11.8 Å². The number of carbonyl (C=O) groups excluding carboxylic acids is 4. The molecule has 11 heteroatoms. The lowest BCUT2D eigenvalue weighted by atomic mass is 9.85. The summed E-state index contributed by atoms with van der Waals surface area (Å²) in [6.07, 6.45) is 12.3. The Morgan fingerprint density at radius 1 is 0.764 bits per heavy atom. The number of amides is 4. The summed E-state index contributed by atoms with van der Waals surface area (Å²) in [5.74, 6) is 0.124. The average molecular weight is 751 g/mol. The van der Waals surface area contributed by atoms with E-state index in [1.807, 2.05) is 47.4 Å². The second kappa shape index (κ2) is 16.5. The van der Waals surface area contributed by atoms with Crippen LogP contribution in [0.1, 0.15) is 127 Å². The van der Waals surface area contributed by atoms with Crippen LogP contribution in [0.3, 0.4) is 0 Å².